The van der Waals surface area contributed by atoms with Crippen LogP contribution in [0, 0.1) is 0 Å². The van der Waals surface area contributed by atoms with Crippen LogP contribution in [0.25, 0.3) is 10.1 Å². The minimum Gasteiger partial charge on any atom is -0.354 e. The highest BCUT2D eigenvalue weighted by molar-refractivity contribution is 7.17. The monoisotopic (exact) mass is 323 g/mol. The summed E-state index contributed by atoms with van der Waals surface area (Å²) in [6.07, 6.45) is 2.51. The standard InChI is InChI=1S/C14H11Cl2N3S/c15-11-8-20-12-2-1-9(7-10(11)12)3-5-17-14-18-6-4-13(16)19-14/h1-2,4,6-8H,3,5H2,(H,17,18,19). The van der Waals surface area contributed by atoms with Crippen molar-refractivity contribution >= 4 is 50.6 Å². The zero-order chi connectivity index (χ0) is 13.9. The van der Waals surface area contributed by atoms with Crippen LogP contribution in [0.2, 0.25) is 10.2 Å². The third-order valence-corrected chi connectivity index (χ3v) is 4.53. The van der Waals surface area contributed by atoms with Crippen molar-refractivity contribution in [3.63, 3.8) is 0 Å². The summed E-state index contributed by atoms with van der Waals surface area (Å²) in [4.78, 5) is 8.18. The summed E-state index contributed by atoms with van der Waals surface area (Å²) in [6, 6.07) is 8.01. The molecule has 2 heterocycles. The van der Waals surface area contributed by atoms with Crippen molar-refractivity contribution in [1.29, 1.82) is 0 Å². The van der Waals surface area contributed by atoms with Crippen LogP contribution in [0.1, 0.15) is 5.56 Å². The number of hydrogen-bond acceptors (Lipinski definition) is 4. The molecule has 20 heavy (non-hydrogen) atoms. The summed E-state index contributed by atoms with van der Waals surface area (Å²) in [5.74, 6) is 0.548. The van der Waals surface area contributed by atoms with Crippen molar-refractivity contribution in [3.8, 4) is 0 Å². The molecule has 102 valence electrons. The number of thiophene rings is 1. The summed E-state index contributed by atoms with van der Waals surface area (Å²) in [5, 5.41) is 7.49. The van der Waals surface area contributed by atoms with E-state index in [0.717, 1.165) is 23.4 Å². The molecule has 0 fully saturated rings. The Bertz CT molecular complexity index is 742. The first-order valence-electron chi connectivity index (χ1n) is 6.10. The van der Waals surface area contributed by atoms with Gasteiger partial charge in [0.05, 0.1) is 5.02 Å². The van der Waals surface area contributed by atoms with E-state index in [-0.39, 0.29) is 0 Å². The van der Waals surface area contributed by atoms with Gasteiger partial charge in [-0.1, -0.05) is 29.3 Å². The zero-order valence-corrected chi connectivity index (χ0v) is 12.8. The fourth-order valence-electron chi connectivity index (χ4n) is 1.94. The highest BCUT2D eigenvalue weighted by Gasteiger charge is 2.03. The first-order chi connectivity index (χ1) is 9.72. The third kappa shape index (κ3) is 3.03. The summed E-state index contributed by atoms with van der Waals surface area (Å²) in [5.41, 5.74) is 1.23. The van der Waals surface area contributed by atoms with Crippen LogP contribution in [0.3, 0.4) is 0 Å². The van der Waals surface area contributed by atoms with Crippen molar-refractivity contribution in [2.45, 2.75) is 6.42 Å². The lowest BCUT2D eigenvalue weighted by Crippen LogP contribution is -2.07. The van der Waals surface area contributed by atoms with E-state index in [4.69, 9.17) is 23.2 Å². The van der Waals surface area contributed by atoms with E-state index in [0.29, 0.717) is 11.1 Å². The average molecular weight is 324 g/mol. The molecule has 0 saturated carbocycles. The van der Waals surface area contributed by atoms with Gasteiger partial charge in [-0.2, -0.15) is 0 Å². The highest BCUT2D eigenvalue weighted by atomic mass is 35.5. The first-order valence-corrected chi connectivity index (χ1v) is 7.74. The average Bonchev–Trinajstić information content (AvgIpc) is 2.80. The van der Waals surface area contributed by atoms with E-state index in [1.807, 2.05) is 5.38 Å². The molecule has 0 atom stereocenters. The maximum absolute atomic E-state index is 6.15. The minimum absolute atomic E-state index is 0.439. The number of anilines is 1. The SMILES string of the molecule is Clc1ccnc(NCCc2ccc3scc(Cl)c3c2)n1. The Balaban J connectivity index is 1.66. The van der Waals surface area contributed by atoms with Gasteiger partial charge in [0.2, 0.25) is 5.95 Å². The Morgan fingerprint density at radius 1 is 1.20 bits per heavy atom. The molecular weight excluding hydrogens is 313 g/mol. The number of hydrogen-bond donors (Lipinski definition) is 1. The van der Waals surface area contributed by atoms with Gasteiger partial charge in [-0.25, -0.2) is 9.97 Å². The van der Waals surface area contributed by atoms with Gasteiger partial charge in [0.25, 0.3) is 0 Å². The third-order valence-electron chi connectivity index (χ3n) is 2.91. The van der Waals surface area contributed by atoms with Crippen molar-refractivity contribution in [3.05, 3.63) is 51.6 Å². The van der Waals surface area contributed by atoms with Crippen molar-refractivity contribution < 1.29 is 0 Å². The van der Waals surface area contributed by atoms with E-state index >= 15 is 0 Å². The second-order valence-corrected chi connectivity index (χ2v) is 6.00. The van der Waals surface area contributed by atoms with E-state index in [1.54, 1.807) is 23.6 Å². The molecule has 0 saturated heterocycles. The molecule has 6 heteroatoms. The highest BCUT2D eigenvalue weighted by Crippen LogP contribution is 2.30. The number of nitrogens with zero attached hydrogens (tertiary/aromatic N) is 2. The number of fused-ring (bicyclic) bond motifs is 1. The molecule has 1 N–H and O–H groups in total. The molecule has 3 rings (SSSR count). The predicted molar refractivity (Wildman–Crippen MR) is 86.1 cm³/mol. The minimum atomic E-state index is 0.439. The van der Waals surface area contributed by atoms with Gasteiger partial charge in [-0.3, -0.25) is 0 Å². The molecular formula is C14H11Cl2N3S. The molecule has 0 aliphatic heterocycles. The molecule has 1 aromatic carbocycles. The quantitative estimate of drug-likeness (QED) is 0.710. The Labute approximate surface area is 130 Å². The second kappa shape index (κ2) is 5.95. The smallest absolute Gasteiger partial charge is 0.224 e. The van der Waals surface area contributed by atoms with Crippen LogP contribution >= 0.6 is 34.5 Å². The van der Waals surface area contributed by atoms with Crippen molar-refractivity contribution in [1.82, 2.24) is 9.97 Å². The fraction of sp³-hybridized carbons (Fsp3) is 0.143. The predicted octanol–water partition coefficient (Wildman–Crippen LogP) is 4.65. The summed E-state index contributed by atoms with van der Waals surface area (Å²) >= 11 is 13.6. The number of benzene rings is 1. The molecule has 0 bridgehead atoms. The number of halogens is 2. The molecule has 3 nitrogen and oxygen atoms in total. The Morgan fingerprint density at radius 3 is 2.95 bits per heavy atom. The van der Waals surface area contributed by atoms with E-state index in [1.165, 1.54) is 10.3 Å². The van der Waals surface area contributed by atoms with Gasteiger partial charge in [0, 0.05) is 28.2 Å². The van der Waals surface area contributed by atoms with Crippen LogP contribution in [0.15, 0.2) is 35.8 Å². The van der Waals surface area contributed by atoms with Gasteiger partial charge < -0.3 is 5.32 Å². The van der Waals surface area contributed by atoms with Crippen molar-refractivity contribution in [2.75, 3.05) is 11.9 Å². The fourth-order valence-corrected chi connectivity index (χ4v) is 3.22. The molecule has 0 aliphatic carbocycles. The summed E-state index contributed by atoms with van der Waals surface area (Å²) < 4.78 is 1.21. The lowest BCUT2D eigenvalue weighted by molar-refractivity contribution is 0.986. The van der Waals surface area contributed by atoms with Crippen LogP contribution in [0.5, 0.6) is 0 Å². The van der Waals surface area contributed by atoms with E-state index < -0.39 is 0 Å². The number of nitrogens with one attached hydrogen (secondary N) is 1. The van der Waals surface area contributed by atoms with Crippen LogP contribution in [0.4, 0.5) is 5.95 Å². The molecule has 2 aromatic heterocycles. The van der Waals surface area contributed by atoms with Gasteiger partial charge in [0.1, 0.15) is 5.15 Å². The van der Waals surface area contributed by atoms with Gasteiger partial charge in [0.15, 0.2) is 0 Å². The maximum Gasteiger partial charge on any atom is 0.224 e. The largest absolute Gasteiger partial charge is 0.354 e. The topological polar surface area (TPSA) is 37.8 Å². The first kappa shape index (κ1) is 13.6. The van der Waals surface area contributed by atoms with Crippen LogP contribution < -0.4 is 5.32 Å². The Kier molecular flexibility index (Phi) is 4.05. The molecule has 0 spiro atoms. The van der Waals surface area contributed by atoms with Crippen LogP contribution in [-0.2, 0) is 6.42 Å². The summed E-state index contributed by atoms with van der Waals surface area (Å²) in [7, 11) is 0. The molecule has 0 unspecified atom stereocenters. The Morgan fingerprint density at radius 2 is 2.10 bits per heavy atom. The Hall–Kier alpha value is -1.36. The molecule has 3 aromatic rings. The summed E-state index contributed by atoms with van der Waals surface area (Å²) in [6.45, 7) is 0.744. The van der Waals surface area contributed by atoms with Crippen LogP contribution in [-0.4, -0.2) is 16.5 Å². The molecule has 0 radical (unpaired) electrons. The van der Waals surface area contributed by atoms with E-state index in [9.17, 15) is 0 Å². The van der Waals surface area contributed by atoms with Crippen molar-refractivity contribution in [2.24, 2.45) is 0 Å². The lowest BCUT2D eigenvalue weighted by Gasteiger charge is -2.05. The maximum atomic E-state index is 6.15. The van der Waals surface area contributed by atoms with E-state index in [2.05, 4.69) is 33.5 Å². The lowest BCUT2D eigenvalue weighted by atomic mass is 10.1. The van der Waals surface area contributed by atoms with Gasteiger partial charge in [-0.05, 0) is 30.2 Å². The normalized spacial score (nSPS) is 10.9. The van der Waals surface area contributed by atoms with Gasteiger partial charge in [-0.15, -0.1) is 11.3 Å². The molecule has 0 aliphatic rings. The number of aromatic nitrogens is 2. The van der Waals surface area contributed by atoms with Gasteiger partial charge >= 0.3 is 0 Å². The number of rotatable bonds is 4. The molecule has 0 amide bonds. The second-order valence-electron chi connectivity index (χ2n) is 4.29. The zero-order valence-electron chi connectivity index (χ0n) is 10.4.